The Kier molecular flexibility index (Phi) is 6.64. The van der Waals surface area contributed by atoms with Gasteiger partial charge in [-0.25, -0.2) is 0 Å². The highest BCUT2D eigenvalue weighted by Gasteiger charge is 2.12. The van der Waals surface area contributed by atoms with E-state index in [1.54, 1.807) is 0 Å². The van der Waals surface area contributed by atoms with Gasteiger partial charge in [0.25, 0.3) is 0 Å². The molecule has 0 N–H and O–H groups in total. The highest BCUT2D eigenvalue weighted by Crippen LogP contribution is 2.35. The zero-order valence-electron chi connectivity index (χ0n) is 8.26. The molecule has 0 aromatic rings. The van der Waals surface area contributed by atoms with Crippen LogP contribution in [0.15, 0.2) is 0 Å². The van der Waals surface area contributed by atoms with Gasteiger partial charge < -0.3 is 0 Å². The van der Waals surface area contributed by atoms with Crippen molar-refractivity contribution >= 4 is 21.6 Å². The Bertz CT molecular complexity index is 89.6. The van der Waals surface area contributed by atoms with Crippen LogP contribution in [-0.2, 0) is 0 Å². The molecule has 0 aromatic carbocycles. The van der Waals surface area contributed by atoms with Crippen LogP contribution in [0.5, 0.6) is 0 Å². The molecule has 0 nitrogen and oxygen atoms in total. The van der Waals surface area contributed by atoms with E-state index in [1.807, 2.05) is 10.8 Å². The molecule has 0 bridgehead atoms. The van der Waals surface area contributed by atoms with Crippen molar-refractivity contribution in [2.45, 2.75) is 51.5 Å². The summed E-state index contributed by atoms with van der Waals surface area (Å²) in [7, 11) is 4.06. The van der Waals surface area contributed by atoms with Crippen molar-refractivity contribution in [3.8, 4) is 0 Å². The van der Waals surface area contributed by atoms with Crippen LogP contribution >= 0.6 is 21.6 Å². The van der Waals surface area contributed by atoms with Crippen molar-refractivity contribution in [2.24, 2.45) is 5.92 Å². The fourth-order valence-electron chi connectivity index (χ4n) is 0.833. The number of rotatable bonds is 5. The quantitative estimate of drug-likeness (QED) is 0.598. The second-order valence-electron chi connectivity index (χ2n) is 3.43. The van der Waals surface area contributed by atoms with Crippen molar-refractivity contribution < 1.29 is 0 Å². The van der Waals surface area contributed by atoms with Gasteiger partial charge in [-0.1, -0.05) is 56.2 Å². The van der Waals surface area contributed by atoms with Gasteiger partial charge in [0, 0.05) is 10.5 Å². The van der Waals surface area contributed by atoms with E-state index in [-0.39, 0.29) is 0 Å². The van der Waals surface area contributed by atoms with Crippen LogP contribution in [0.1, 0.15) is 41.0 Å². The minimum absolute atomic E-state index is 0.757. The van der Waals surface area contributed by atoms with Crippen LogP contribution in [-0.4, -0.2) is 10.5 Å². The summed E-state index contributed by atoms with van der Waals surface area (Å²) in [4.78, 5) is 0. The van der Waals surface area contributed by atoms with Gasteiger partial charge in [-0.05, 0) is 12.3 Å². The fraction of sp³-hybridized carbons (Fsp3) is 1.00. The highest BCUT2D eigenvalue weighted by molar-refractivity contribution is 8.77. The molecule has 0 aliphatic carbocycles. The van der Waals surface area contributed by atoms with Crippen LogP contribution in [0.3, 0.4) is 0 Å². The first kappa shape index (κ1) is 11.7. The molecule has 0 heterocycles. The first-order valence-electron chi connectivity index (χ1n) is 4.40. The fourth-order valence-corrected chi connectivity index (χ4v) is 3.73. The second-order valence-corrected chi connectivity index (χ2v) is 6.52. The number of hydrogen-bond acceptors (Lipinski definition) is 2. The molecule has 0 unspecified atom stereocenters. The lowest BCUT2D eigenvalue weighted by Crippen LogP contribution is -2.08. The van der Waals surface area contributed by atoms with E-state index in [2.05, 4.69) is 45.4 Å². The molecule has 0 saturated carbocycles. The Balaban J connectivity index is 3.52. The van der Waals surface area contributed by atoms with Gasteiger partial charge in [-0.15, -0.1) is 0 Å². The van der Waals surface area contributed by atoms with Gasteiger partial charge in [0.15, 0.2) is 0 Å². The molecule has 0 rings (SSSR count). The summed E-state index contributed by atoms with van der Waals surface area (Å²) in [6, 6.07) is 0. The summed E-state index contributed by atoms with van der Waals surface area (Å²) < 4.78 is 0. The van der Waals surface area contributed by atoms with Crippen LogP contribution < -0.4 is 0 Å². The van der Waals surface area contributed by atoms with Crippen LogP contribution in [0.25, 0.3) is 0 Å². The maximum absolute atomic E-state index is 2.31. The molecule has 0 aliphatic rings. The Morgan fingerprint density at radius 1 is 1.00 bits per heavy atom. The third-order valence-corrected chi connectivity index (χ3v) is 5.37. The molecular formula is C9H20S2. The average Bonchev–Trinajstić information content (AvgIpc) is 1.87. The topological polar surface area (TPSA) is 0 Å². The van der Waals surface area contributed by atoms with Crippen molar-refractivity contribution in [3.05, 3.63) is 0 Å². The minimum Gasteiger partial charge on any atom is -0.0910 e. The summed E-state index contributed by atoms with van der Waals surface area (Å²) in [5.74, 6) is 0.816. The van der Waals surface area contributed by atoms with Crippen LogP contribution in [0.2, 0.25) is 0 Å². The van der Waals surface area contributed by atoms with Gasteiger partial charge in [0.2, 0.25) is 0 Å². The summed E-state index contributed by atoms with van der Waals surface area (Å²) >= 11 is 0. The molecule has 0 spiro atoms. The maximum atomic E-state index is 2.31. The third kappa shape index (κ3) is 5.92. The van der Waals surface area contributed by atoms with Gasteiger partial charge in [0.1, 0.15) is 0 Å². The van der Waals surface area contributed by atoms with E-state index in [4.69, 9.17) is 0 Å². The lowest BCUT2D eigenvalue weighted by atomic mass is 10.1. The maximum Gasteiger partial charge on any atom is 0.0171 e. The van der Waals surface area contributed by atoms with Crippen molar-refractivity contribution in [2.75, 3.05) is 0 Å². The zero-order chi connectivity index (χ0) is 8.85. The van der Waals surface area contributed by atoms with E-state index < -0.39 is 0 Å². The molecule has 0 amide bonds. The largest absolute Gasteiger partial charge is 0.0910 e. The zero-order valence-corrected chi connectivity index (χ0v) is 9.89. The predicted molar refractivity (Wildman–Crippen MR) is 59.2 cm³/mol. The van der Waals surface area contributed by atoms with E-state index in [1.165, 1.54) is 6.42 Å². The van der Waals surface area contributed by atoms with Crippen molar-refractivity contribution in [1.29, 1.82) is 0 Å². The van der Waals surface area contributed by atoms with Gasteiger partial charge in [-0.2, -0.15) is 0 Å². The molecule has 0 fully saturated rings. The highest BCUT2D eigenvalue weighted by atomic mass is 33.1. The minimum atomic E-state index is 0.757. The molecule has 1 atom stereocenters. The van der Waals surface area contributed by atoms with E-state index >= 15 is 0 Å². The van der Waals surface area contributed by atoms with E-state index in [9.17, 15) is 0 Å². The van der Waals surface area contributed by atoms with Gasteiger partial charge >= 0.3 is 0 Å². The molecule has 0 aromatic heterocycles. The molecule has 68 valence electrons. The van der Waals surface area contributed by atoms with Gasteiger partial charge in [0.05, 0.1) is 0 Å². The van der Waals surface area contributed by atoms with Crippen LogP contribution in [0, 0.1) is 5.92 Å². The molecule has 0 aliphatic heterocycles. The molecule has 11 heavy (non-hydrogen) atoms. The summed E-state index contributed by atoms with van der Waals surface area (Å²) in [6.07, 6.45) is 1.29. The first-order valence-corrected chi connectivity index (χ1v) is 6.67. The molecule has 2 heteroatoms. The van der Waals surface area contributed by atoms with E-state index in [0.717, 1.165) is 16.4 Å². The summed E-state index contributed by atoms with van der Waals surface area (Å²) in [6.45, 7) is 11.4. The Morgan fingerprint density at radius 2 is 1.55 bits per heavy atom. The Hall–Kier alpha value is 0.700. The smallest absolute Gasteiger partial charge is 0.0171 e. The number of hydrogen-bond donors (Lipinski definition) is 0. The standard InChI is InChI=1S/C9H20S2/c1-6-9(7(2)3)11-10-8(4)5/h7-9H,6H2,1-5H3/t9-/m0/s1. The molecule has 0 radical (unpaired) electrons. The Labute approximate surface area is 79.3 Å². The lowest BCUT2D eigenvalue weighted by molar-refractivity contribution is 0.596. The first-order chi connectivity index (χ1) is 5.07. The monoisotopic (exact) mass is 192 g/mol. The molecule has 0 saturated heterocycles. The van der Waals surface area contributed by atoms with Crippen molar-refractivity contribution in [3.63, 3.8) is 0 Å². The Morgan fingerprint density at radius 3 is 1.82 bits per heavy atom. The second kappa shape index (κ2) is 6.24. The average molecular weight is 192 g/mol. The summed E-state index contributed by atoms with van der Waals surface area (Å²) in [5, 5.41) is 1.59. The van der Waals surface area contributed by atoms with Gasteiger partial charge in [-0.3, -0.25) is 0 Å². The van der Waals surface area contributed by atoms with E-state index in [0.29, 0.717) is 0 Å². The van der Waals surface area contributed by atoms with Crippen LogP contribution in [0.4, 0.5) is 0 Å². The third-order valence-electron chi connectivity index (χ3n) is 1.52. The van der Waals surface area contributed by atoms with Crippen molar-refractivity contribution in [1.82, 2.24) is 0 Å². The lowest BCUT2D eigenvalue weighted by Gasteiger charge is -2.18. The normalized spacial score (nSPS) is 14.5. The summed E-state index contributed by atoms with van der Waals surface area (Å²) in [5.41, 5.74) is 0. The SMILES string of the molecule is CC[C@H](SSC(C)C)C(C)C. The predicted octanol–water partition coefficient (Wildman–Crippen LogP) is 4.21. The molecular weight excluding hydrogens is 172 g/mol.